The van der Waals surface area contributed by atoms with Crippen molar-refractivity contribution in [1.82, 2.24) is 0 Å². The number of para-hydroxylation sites is 1. The van der Waals surface area contributed by atoms with Gasteiger partial charge in [0.05, 0.1) is 5.92 Å². The van der Waals surface area contributed by atoms with E-state index in [1.807, 2.05) is 54.6 Å². The number of ketones is 1. The Kier molecular flexibility index (Phi) is 3.07. The van der Waals surface area contributed by atoms with E-state index in [1.54, 1.807) is 0 Å². The van der Waals surface area contributed by atoms with Crippen LogP contribution in [0.2, 0.25) is 0 Å². The predicted octanol–water partition coefficient (Wildman–Crippen LogP) is 2.55. The zero-order valence-electron chi connectivity index (χ0n) is 11.3. The molecule has 0 saturated heterocycles. The van der Waals surface area contributed by atoms with Gasteiger partial charge in [0.15, 0.2) is 0 Å². The van der Waals surface area contributed by atoms with Crippen molar-refractivity contribution in [3.63, 3.8) is 0 Å². The van der Waals surface area contributed by atoms with E-state index >= 15 is 0 Å². The highest BCUT2D eigenvalue weighted by molar-refractivity contribution is 5.83. The van der Waals surface area contributed by atoms with Crippen molar-refractivity contribution in [3.05, 3.63) is 65.7 Å². The largest absolute Gasteiger partial charge is 0.384 e. The molecule has 3 nitrogen and oxygen atoms in total. The number of aliphatic hydroxyl groups is 1. The molecule has 0 spiro atoms. The van der Waals surface area contributed by atoms with Gasteiger partial charge in [-0.15, -0.1) is 0 Å². The van der Waals surface area contributed by atoms with Gasteiger partial charge in [0.2, 0.25) is 0 Å². The van der Waals surface area contributed by atoms with Crippen molar-refractivity contribution in [2.24, 2.45) is 5.92 Å². The molecule has 1 heterocycles. The first-order valence-electron chi connectivity index (χ1n) is 6.75. The Morgan fingerprint density at radius 1 is 1.15 bits per heavy atom. The normalized spacial score (nSPS) is 24.6. The van der Waals surface area contributed by atoms with E-state index in [2.05, 4.69) is 5.32 Å². The molecule has 0 saturated carbocycles. The minimum atomic E-state index is -1.27. The van der Waals surface area contributed by atoms with Crippen LogP contribution in [0.3, 0.4) is 0 Å². The molecule has 0 aromatic heterocycles. The van der Waals surface area contributed by atoms with E-state index < -0.39 is 11.5 Å². The smallest absolute Gasteiger partial charge is 0.138 e. The lowest BCUT2D eigenvalue weighted by Crippen LogP contribution is -2.47. The highest BCUT2D eigenvalue weighted by atomic mass is 16.3. The molecule has 2 aromatic rings. The van der Waals surface area contributed by atoms with E-state index in [1.165, 1.54) is 6.92 Å². The van der Waals surface area contributed by atoms with Crippen LogP contribution in [0.15, 0.2) is 54.6 Å². The lowest BCUT2D eigenvalue weighted by Gasteiger charge is -2.41. The summed E-state index contributed by atoms with van der Waals surface area (Å²) < 4.78 is 0. The molecule has 2 unspecified atom stereocenters. The van der Waals surface area contributed by atoms with Crippen molar-refractivity contribution in [3.8, 4) is 0 Å². The molecule has 1 aliphatic rings. The highest BCUT2D eigenvalue weighted by Gasteiger charge is 2.46. The van der Waals surface area contributed by atoms with E-state index in [-0.39, 0.29) is 5.78 Å². The molecular formula is C17H17NO2. The number of nitrogens with one attached hydrogen (secondary N) is 1. The summed E-state index contributed by atoms with van der Waals surface area (Å²) >= 11 is 0. The summed E-state index contributed by atoms with van der Waals surface area (Å²) in [6, 6.07) is 17.0. The van der Waals surface area contributed by atoms with Gasteiger partial charge in [-0.25, -0.2) is 0 Å². The van der Waals surface area contributed by atoms with E-state index in [0.717, 1.165) is 16.8 Å². The molecule has 3 heteroatoms. The molecule has 2 aromatic carbocycles. The van der Waals surface area contributed by atoms with Crippen LogP contribution in [-0.4, -0.2) is 17.4 Å². The number of Topliss-reactive ketones (excluding diaryl/α,β-unsaturated/α-hetero) is 1. The zero-order valence-corrected chi connectivity index (χ0v) is 11.3. The Balaban J connectivity index is 2.24. The summed E-state index contributed by atoms with van der Waals surface area (Å²) in [7, 11) is 0. The summed E-state index contributed by atoms with van der Waals surface area (Å²) in [5.74, 6) is -0.502. The summed E-state index contributed by atoms with van der Waals surface area (Å²) in [6.45, 7) is 1.98. The fourth-order valence-electron chi connectivity index (χ4n) is 3.00. The lowest BCUT2D eigenvalue weighted by atomic mass is 9.72. The standard InChI is InChI=1S/C17H17NO2/c1-12(19)15-11-18-16-10-6-5-9-14(16)17(15,20)13-7-3-2-4-8-13/h2-10,15,18,20H,11H2,1H3. The third-order valence-electron chi connectivity index (χ3n) is 4.04. The summed E-state index contributed by atoms with van der Waals surface area (Å²) in [5.41, 5.74) is 1.14. The number of benzene rings is 2. The van der Waals surface area contributed by atoms with Crippen LogP contribution in [0.4, 0.5) is 5.69 Å². The quantitative estimate of drug-likeness (QED) is 0.879. The SMILES string of the molecule is CC(=O)C1CNc2ccccc2C1(O)c1ccccc1. The van der Waals surface area contributed by atoms with Gasteiger partial charge in [0.25, 0.3) is 0 Å². The third-order valence-corrected chi connectivity index (χ3v) is 4.04. The number of rotatable bonds is 2. The zero-order chi connectivity index (χ0) is 14.2. The van der Waals surface area contributed by atoms with Crippen LogP contribution in [-0.2, 0) is 10.4 Å². The van der Waals surface area contributed by atoms with Crippen molar-refractivity contribution in [1.29, 1.82) is 0 Å². The van der Waals surface area contributed by atoms with Crippen LogP contribution >= 0.6 is 0 Å². The fourth-order valence-corrected chi connectivity index (χ4v) is 3.00. The fraction of sp³-hybridized carbons (Fsp3) is 0.235. The Morgan fingerprint density at radius 2 is 1.80 bits per heavy atom. The Morgan fingerprint density at radius 3 is 2.50 bits per heavy atom. The third kappa shape index (κ3) is 1.82. The van der Waals surface area contributed by atoms with Gasteiger partial charge < -0.3 is 10.4 Å². The van der Waals surface area contributed by atoms with Gasteiger partial charge in [0.1, 0.15) is 11.4 Å². The van der Waals surface area contributed by atoms with Crippen molar-refractivity contribution in [2.45, 2.75) is 12.5 Å². The summed E-state index contributed by atoms with van der Waals surface area (Å²) in [6.07, 6.45) is 0. The van der Waals surface area contributed by atoms with E-state index in [4.69, 9.17) is 0 Å². The van der Waals surface area contributed by atoms with Crippen LogP contribution in [0.25, 0.3) is 0 Å². The molecule has 0 fully saturated rings. The van der Waals surface area contributed by atoms with Gasteiger partial charge in [0, 0.05) is 17.8 Å². The van der Waals surface area contributed by atoms with Crippen LogP contribution in [0.5, 0.6) is 0 Å². The van der Waals surface area contributed by atoms with Gasteiger partial charge in [-0.3, -0.25) is 4.79 Å². The average molecular weight is 267 g/mol. The second-order valence-corrected chi connectivity index (χ2v) is 5.22. The number of hydrogen-bond donors (Lipinski definition) is 2. The number of fused-ring (bicyclic) bond motifs is 1. The van der Waals surface area contributed by atoms with E-state index in [9.17, 15) is 9.90 Å². The number of carbonyl (C=O) groups is 1. The lowest BCUT2D eigenvalue weighted by molar-refractivity contribution is -0.127. The molecule has 20 heavy (non-hydrogen) atoms. The predicted molar refractivity (Wildman–Crippen MR) is 78.5 cm³/mol. The maximum atomic E-state index is 12.0. The first-order chi connectivity index (χ1) is 9.64. The molecule has 0 bridgehead atoms. The van der Waals surface area contributed by atoms with Crippen LogP contribution < -0.4 is 5.32 Å². The Bertz CT molecular complexity index is 638. The van der Waals surface area contributed by atoms with Gasteiger partial charge >= 0.3 is 0 Å². The van der Waals surface area contributed by atoms with Gasteiger partial charge in [-0.1, -0.05) is 48.5 Å². The number of anilines is 1. The molecule has 2 atom stereocenters. The molecule has 102 valence electrons. The minimum absolute atomic E-state index is 0.0154. The first-order valence-corrected chi connectivity index (χ1v) is 6.75. The average Bonchev–Trinajstić information content (AvgIpc) is 2.48. The number of carbonyl (C=O) groups excluding carboxylic acids is 1. The van der Waals surface area contributed by atoms with E-state index in [0.29, 0.717) is 6.54 Å². The summed E-state index contributed by atoms with van der Waals surface area (Å²) in [5, 5.41) is 14.6. The van der Waals surface area contributed by atoms with Crippen LogP contribution in [0, 0.1) is 5.92 Å². The molecule has 2 N–H and O–H groups in total. The Hall–Kier alpha value is -2.13. The maximum absolute atomic E-state index is 12.0. The first kappa shape index (κ1) is 12.9. The Labute approximate surface area is 118 Å². The molecule has 0 radical (unpaired) electrons. The molecular weight excluding hydrogens is 250 g/mol. The topological polar surface area (TPSA) is 49.3 Å². The number of hydrogen-bond acceptors (Lipinski definition) is 3. The molecule has 3 rings (SSSR count). The molecule has 1 aliphatic heterocycles. The molecule has 0 aliphatic carbocycles. The van der Waals surface area contributed by atoms with Crippen molar-refractivity contribution >= 4 is 11.5 Å². The maximum Gasteiger partial charge on any atom is 0.138 e. The van der Waals surface area contributed by atoms with Gasteiger partial charge in [-0.2, -0.15) is 0 Å². The van der Waals surface area contributed by atoms with Crippen LogP contribution in [0.1, 0.15) is 18.1 Å². The summed E-state index contributed by atoms with van der Waals surface area (Å²) in [4.78, 5) is 12.0. The second-order valence-electron chi connectivity index (χ2n) is 5.22. The second kappa shape index (κ2) is 4.76. The molecule has 0 amide bonds. The van der Waals surface area contributed by atoms with Crippen molar-refractivity contribution < 1.29 is 9.90 Å². The van der Waals surface area contributed by atoms with Gasteiger partial charge in [-0.05, 0) is 18.6 Å². The monoisotopic (exact) mass is 267 g/mol. The highest BCUT2D eigenvalue weighted by Crippen LogP contribution is 2.43. The minimum Gasteiger partial charge on any atom is -0.384 e. The van der Waals surface area contributed by atoms with Crippen molar-refractivity contribution in [2.75, 3.05) is 11.9 Å².